The third-order valence-electron chi connectivity index (χ3n) is 2.60. The van der Waals surface area contributed by atoms with Gasteiger partial charge in [0.05, 0.1) is 0 Å². The molecule has 1 aromatic rings. The normalized spacial score (nSPS) is 18.8. The van der Waals surface area contributed by atoms with Crippen LogP contribution in [0.1, 0.15) is 24.8 Å². The molecule has 0 aromatic carbocycles. The number of nitrogens with zero attached hydrogens (tertiary/aromatic N) is 2. The first-order valence-electron chi connectivity index (χ1n) is 5.06. The van der Waals surface area contributed by atoms with Gasteiger partial charge in [0.15, 0.2) is 0 Å². The average Bonchev–Trinajstić information content (AvgIpc) is 2.21. The highest BCUT2D eigenvalue weighted by atomic mass is 15.1. The van der Waals surface area contributed by atoms with Gasteiger partial charge in [0.25, 0.3) is 0 Å². The van der Waals surface area contributed by atoms with Crippen LogP contribution < -0.4 is 0 Å². The number of hydrogen-bond donors (Lipinski definition) is 0. The number of hydrogen-bond acceptors (Lipinski definition) is 2. The Kier molecular flexibility index (Phi) is 2.93. The van der Waals surface area contributed by atoms with Crippen molar-refractivity contribution >= 4 is 0 Å². The molecule has 0 atom stereocenters. The summed E-state index contributed by atoms with van der Waals surface area (Å²) in [6.45, 7) is 3.63. The Morgan fingerprint density at radius 2 is 1.77 bits per heavy atom. The molecule has 0 bridgehead atoms. The first-order chi connectivity index (χ1) is 6.45. The molecule has 2 heteroatoms. The molecule has 0 spiro atoms. The minimum Gasteiger partial charge on any atom is -0.299 e. The molecule has 0 radical (unpaired) electrons. The molecule has 13 heavy (non-hydrogen) atoms. The van der Waals surface area contributed by atoms with Gasteiger partial charge in [-0.3, -0.25) is 9.88 Å². The van der Waals surface area contributed by atoms with E-state index in [4.69, 9.17) is 0 Å². The van der Waals surface area contributed by atoms with Gasteiger partial charge in [-0.2, -0.15) is 0 Å². The molecule has 0 aliphatic carbocycles. The predicted molar refractivity (Wildman–Crippen MR) is 53.4 cm³/mol. The molecule has 2 rings (SSSR count). The summed E-state index contributed by atoms with van der Waals surface area (Å²) in [5.41, 5.74) is 1.39. The Hall–Kier alpha value is -0.890. The van der Waals surface area contributed by atoms with Crippen molar-refractivity contribution < 1.29 is 0 Å². The van der Waals surface area contributed by atoms with E-state index in [1.807, 2.05) is 12.4 Å². The minimum absolute atomic E-state index is 1.10. The van der Waals surface area contributed by atoms with Gasteiger partial charge in [-0.25, -0.2) is 0 Å². The molecule has 0 amide bonds. The molecule has 2 nitrogen and oxygen atoms in total. The van der Waals surface area contributed by atoms with E-state index in [0.717, 1.165) is 6.54 Å². The largest absolute Gasteiger partial charge is 0.299 e. The van der Waals surface area contributed by atoms with Crippen LogP contribution in [0.5, 0.6) is 0 Å². The summed E-state index contributed by atoms with van der Waals surface area (Å²) in [5.74, 6) is 0. The van der Waals surface area contributed by atoms with Crippen LogP contribution >= 0.6 is 0 Å². The first kappa shape index (κ1) is 8.70. The Balaban J connectivity index is 1.90. The second-order valence-electron chi connectivity index (χ2n) is 3.69. The van der Waals surface area contributed by atoms with Crippen molar-refractivity contribution in [3.8, 4) is 0 Å². The molecule has 1 aromatic heterocycles. The molecular weight excluding hydrogens is 160 g/mol. The molecular formula is C11H16N2. The summed E-state index contributed by atoms with van der Waals surface area (Å²) < 4.78 is 0. The van der Waals surface area contributed by atoms with Crippen LogP contribution in [-0.2, 0) is 6.54 Å². The number of likely N-dealkylation sites (tertiary alicyclic amines) is 1. The molecule has 1 aliphatic heterocycles. The van der Waals surface area contributed by atoms with Gasteiger partial charge in [-0.15, -0.1) is 0 Å². The van der Waals surface area contributed by atoms with E-state index in [1.165, 1.54) is 37.9 Å². The number of aromatic nitrogens is 1. The third kappa shape index (κ3) is 2.52. The summed E-state index contributed by atoms with van der Waals surface area (Å²) in [6, 6.07) is 4.21. The van der Waals surface area contributed by atoms with Gasteiger partial charge in [0, 0.05) is 18.9 Å². The number of piperidine rings is 1. The number of pyridine rings is 1. The SMILES string of the molecule is c1cc(CN2CCCCC2)ccn1. The lowest BCUT2D eigenvalue weighted by Gasteiger charge is -2.26. The lowest BCUT2D eigenvalue weighted by Crippen LogP contribution is -2.29. The molecule has 2 heterocycles. The molecule has 0 unspecified atom stereocenters. The predicted octanol–water partition coefficient (Wildman–Crippen LogP) is 2.07. The van der Waals surface area contributed by atoms with E-state index in [-0.39, 0.29) is 0 Å². The summed E-state index contributed by atoms with van der Waals surface area (Å²) in [4.78, 5) is 6.55. The molecule has 1 saturated heterocycles. The van der Waals surface area contributed by atoms with Crippen LogP contribution in [0.15, 0.2) is 24.5 Å². The maximum Gasteiger partial charge on any atom is 0.0271 e. The minimum atomic E-state index is 1.10. The van der Waals surface area contributed by atoms with Crippen LogP contribution in [0.4, 0.5) is 0 Å². The second-order valence-corrected chi connectivity index (χ2v) is 3.69. The van der Waals surface area contributed by atoms with Crippen molar-refractivity contribution in [2.45, 2.75) is 25.8 Å². The van der Waals surface area contributed by atoms with E-state index in [0.29, 0.717) is 0 Å². The summed E-state index contributed by atoms with van der Waals surface area (Å²) >= 11 is 0. The van der Waals surface area contributed by atoms with Crippen molar-refractivity contribution in [1.82, 2.24) is 9.88 Å². The highest BCUT2D eigenvalue weighted by molar-refractivity contribution is 5.09. The monoisotopic (exact) mass is 176 g/mol. The lowest BCUT2D eigenvalue weighted by atomic mass is 10.1. The second kappa shape index (κ2) is 4.38. The topological polar surface area (TPSA) is 16.1 Å². The van der Waals surface area contributed by atoms with Crippen molar-refractivity contribution in [2.75, 3.05) is 13.1 Å². The summed E-state index contributed by atoms with van der Waals surface area (Å²) in [5, 5.41) is 0. The molecule has 0 saturated carbocycles. The van der Waals surface area contributed by atoms with Crippen molar-refractivity contribution in [2.24, 2.45) is 0 Å². The first-order valence-corrected chi connectivity index (χ1v) is 5.06. The smallest absolute Gasteiger partial charge is 0.0271 e. The Labute approximate surface area is 79.6 Å². The Morgan fingerprint density at radius 1 is 1.08 bits per heavy atom. The number of rotatable bonds is 2. The van der Waals surface area contributed by atoms with Crippen molar-refractivity contribution in [3.05, 3.63) is 30.1 Å². The van der Waals surface area contributed by atoms with E-state index < -0.39 is 0 Å². The zero-order valence-electron chi connectivity index (χ0n) is 7.95. The average molecular weight is 176 g/mol. The van der Waals surface area contributed by atoms with E-state index in [2.05, 4.69) is 22.0 Å². The highest BCUT2D eigenvalue weighted by Gasteiger charge is 2.09. The van der Waals surface area contributed by atoms with Crippen LogP contribution in [0.25, 0.3) is 0 Å². The standard InChI is InChI=1S/C11H16N2/c1-2-8-13(9-3-1)10-11-4-6-12-7-5-11/h4-7H,1-3,8-10H2. The van der Waals surface area contributed by atoms with E-state index in [1.54, 1.807) is 0 Å². The van der Waals surface area contributed by atoms with Gasteiger partial charge < -0.3 is 0 Å². The van der Waals surface area contributed by atoms with Gasteiger partial charge in [0.2, 0.25) is 0 Å². The fourth-order valence-corrected chi connectivity index (χ4v) is 1.86. The Bertz CT molecular complexity index is 240. The van der Waals surface area contributed by atoms with E-state index >= 15 is 0 Å². The highest BCUT2D eigenvalue weighted by Crippen LogP contribution is 2.11. The fraction of sp³-hybridized carbons (Fsp3) is 0.545. The lowest BCUT2D eigenvalue weighted by molar-refractivity contribution is 0.221. The van der Waals surface area contributed by atoms with Crippen molar-refractivity contribution in [3.63, 3.8) is 0 Å². The molecule has 1 aliphatic rings. The summed E-state index contributed by atoms with van der Waals surface area (Å²) in [6.07, 6.45) is 7.89. The van der Waals surface area contributed by atoms with E-state index in [9.17, 15) is 0 Å². The third-order valence-corrected chi connectivity index (χ3v) is 2.60. The zero-order chi connectivity index (χ0) is 8.93. The van der Waals surface area contributed by atoms with Crippen LogP contribution in [0.2, 0.25) is 0 Å². The van der Waals surface area contributed by atoms with Crippen LogP contribution in [0.3, 0.4) is 0 Å². The zero-order valence-corrected chi connectivity index (χ0v) is 7.95. The molecule has 0 N–H and O–H groups in total. The summed E-state index contributed by atoms with van der Waals surface area (Å²) in [7, 11) is 0. The van der Waals surface area contributed by atoms with Gasteiger partial charge in [0.1, 0.15) is 0 Å². The van der Waals surface area contributed by atoms with Gasteiger partial charge >= 0.3 is 0 Å². The maximum absolute atomic E-state index is 4.02. The molecule has 1 fully saturated rings. The van der Waals surface area contributed by atoms with Gasteiger partial charge in [-0.05, 0) is 43.6 Å². The van der Waals surface area contributed by atoms with Crippen LogP contribution in [-0.4, -0.2) is 23.0 Å². The Morgan fingerprint density at radius 3 is 2.46 bits per heavy atom. The molecule has 70 valence electrons. The maximum atomic E-state index is 4.02. The quantitative estimate of drug-likeness (QED) is 0.685. The van der Waals surface area contributed by atoms with Gasteiger partial charge in [-0.1, -0.05) is 6.42 Å². The van der Waals surface area contributed by atoms with Crippen LogP contribution in [0, 0.1) is 0 Å². The fourth-order valence-electron chi connectivity index (χ4n) is 1.86. The van der Waals surface area contributed by atoms with Crippen molar-refractivity contribution in [1.29, 1.82) is 0 Å².